The average molecular weight is 351 g/mol. The topological polar surface area (TPSA) is 56.4 Å². The highest BCUT2D eigenvalue weighted by Gasteiger charge is 2.35. The lowest BCUT2D eigenvalue weighted by Crippen LogP contribution is -2.13. The molecule has 2 unspecified atom stereocenters. The second-order valence-electron chi connectivity index (χ2n) is 6.60. The number of carbonyl (C=O) groups excluding carboxylic acids is 1. The highest BCUT2D eigenvalue weighted by Crippen LogP contribution is 2.29. The van der Waals surface area contributed by atoms with Gasteiger partial charge in [0.25, 0.3) is 0 Å². The summed E-state index contributed by atoms with van der Waals surface area (Å²) in [6.45, 7) is 2.39. The van der Waals surface area contributed by atoms with Crippen molar-refractivity contribution in [3.8, 4) is 5.75 Å². The third kappa shape index (κ3) is 3.41. The van der Waals surface area contributed by atoms with Gasteiger partial charge in [-0.1, -0.05) is 24.3 Å². The number of hydrogen-bond donors (Lipinski definition) is 0. The van der Waals surface area contributed by atoms with Gasteiger partial charge >= 0.3 is 5.97 Å². The fourth-order valence-electron chi connectivity index (χ4n) is 3.16. The van der Waals surface area contributed by atoms with Crippen molar-refractivity contribution < 1.29 is 14.3 Å². The molecule has 1 aliphatic heterocycles. The van der Waals surface area contributed by atoms with Gasteiger partial charge in [0.15, 0.2) is 0 Å². The van der Waals surface area contributed by atoms with Gasteiger partial charge in [0.2, 0.25) is 0 Å². The van der Waals surface area contributed by atoms with E-state index in [4.69, 9.17) is 9.47 Å². The molecule has 3 aromatic rings. The zero-order valence-electron chi connectivity index (χ0n) is 14.9. The van der Waals surface area contributed by atoms with Crippen molar-refractivity contribution in [2.45, 2.75) is 12.6 Å². The van der Waals surface area contributed by atoms with Gasteiger partial charge in [-0.15, -0.1) is 0 Å². The van der Waals surface area contributed by atoms with E-state index in [1.807, 2.05) is 60.5 Å². The molecule has 134 valence electrons. The van der Waals surface area contributed by atoms with E-state index in [0.29, 0.717) is 24.0 Å². The molecular weight excluding hydrogens is 330 g/mol. The highest BCUT2D eigenvalue weighted by atomic mass is 16.5. The van der Waals surface area contributed by atoms with Crippen LogP contribution in [0.3, 0.4) is 0 Å². The van der Waals surface area contributed by atoms with Gasteiger partial charge in [0.1, 0.15) is 17.9 Å². The number of hydrogen-bond acceptors (Lipinski definition) is 5. The lowest BCUT2D eigenvalue weighted by Gasteiger charge is -2.12. The maximum absolute atomic E-state index is 12.1. The summed E-state index contributed by atoms with van der Waals surface area (Å²) in [5, 5.41) is 6.22. The van der Waals surface area contributed by atoms with E-state index >= 15 is 0 Å². The second kappa shape index (κ2) is 6.80. The van der Waals surface area contributed by atoms with Crippen molar-refractivity contribution in [3.63, 3.8) is 0 Å². The van der Waals surface area contributed by atoms with E-state index in [0.717, 1.165) is 23.9 Å². The van der Waals surface area contributed by atoms with E-state index in [9.17, 15) is 4.79 Å². The Labute approximate surface area is 151 Å². The third-order valence-corrected chi connectivity index (χ3v) is 4.66. The smallest absolute Gasteiger partial charge is 0.341 e. The Kier molecular flexibility index (Phi) is 4.34. The van der Waals surface area contributed by atoms with Crippen LogP contribution in [0.5, 0.6) is 5.75 Å². The predicted octanol–water partition coefficient (Wildman–Crippen LogP) is 2.62. The molecule has 0 radical (unpaired) electrons. The SMILES string of the molecule is COC(=O)c1cc2ccccc2cc1OCC1CN1Cc1cnn(C)c1. The first-order valence-electron chi connectivity index (χ1n) is 8.59. The minimum absolute atomic E-state index is 0.354. The molecule has 1 aromatic heterocycles. The van der Waals surface area contributed by atoms with Crippen molar-refractivity contribution in [3.05, 3.63) is 59.9 Å². The van der Waals surface area contributed by atoms with E-state index < -0.39 is 0 Å². The molecule has 0 saturated carbocycles. The Morgan fingerprint density at radius 3 is 2.73 bits per heavy atom. The van der Waals surface area contributed by atoms with Crippen LogP contribution in [0.2, 0.25) is 0 Å². The minimum atomic E-state index is -0.381. The van der Waals surface area contributed by atoms with Crippen molar-refractivity contribution in [2.75, 3.05) is 20.3 Å². The first-order valence-corrected chi connectivity index (χ1v) is 8.59. The molecule has 6 heteroatoms. The van der Waals surface area contributed by atoms with Crippen LogP contribution in [0.25, 0.3) is 10.8 Å². The zero-order chi connectivity index (χ0) is 18.1. The van der Waals surface area contributed by atoms with Gasteiger partial charge in [-0.05, 0) is 22.9 Å². The molecule has 0 N–H and O–H groups in total. The van der Waals surface area contributed by atoms with Crippen LogP contribution < -0.4 is 4.74 Å². The molecule has 4 rings (SSSR count). The number of esters is 1. The quantitative estimate of drug-likeness (QED) is 0.505. The Hall–Kier alpha value is -2.86. The molecule has 2 atom stereocenters. The number of fused-ring (bicyclic) bond motifs is 1. The van der Waals surface area contributed by atoms with E-state index in [2.05, 4.69) is 10.00 Å². The monoisotopic (exact) mass is 351 g/mol. The number of aromatic nitrogens is 2. The Morgan fingerprint density at radius 1 is 1.27 bits per heavy atom. The van der Waals surface area contributed by atoms with Crippen LogP contribution in [0.4, 0.5) is 0 Å². The summed E-state index contributed by atoms with van der Waals surface area (Å²) in [7, 11) is 3.30. The normalized spacial score (nSPS) is 18.7. The van der Waals surface area contributed by atoms with Crippen LogP contribution in [-0.2, 0) is 18.3 Å². The molecule has 1 fully saturated rings. The summed E-state index contributed by atoms with van der Waals surface area (Å²) in [5.41, 5.74) is 1.65. The molecule has 0 amide bonds. The second-order valence-corrected chi connectivity index (χ2v) is 6.60. The third-order valence-electron chi connectivity index (χ3n) is 4.66. The summed E-state index contributed by atoms with van der Waals surface area (Å²) in [5.74, 6) is 0.192. The number of nitrogens with zero attached hydrogens (tertiary/aromatic N) is 3. The molecule has 1 aliphatic rings. The first kappa shape index (κ1) is 16.6. The largest absolute Gasteiger partial charge is 0.491 e. The van der Waals surface area contributed by atoms with Gasteiger partial charge < -0.3 is 9.47 Å². The number of benzene rings is 2. The van der Waals surface area contributed by atoms with Crippen LogP contribution in [0.1, 0.15) is 15.9 Å². The van der Waals surface area contributed by atoms with Crippen LogP contribution in [-0.4, -0.2) is 47.0 Å². The Bertz CT molecular complexity index is 950. The van der Waals surface area contributed by atoms with Gasteiger partial charge in [-0.25, -0.2) is 4.79 Å². The van der Waals surface area contributed by atoms with Gasteiger partial charge in [0, 0.05) is 31.9 Å². The molecule has 2 heterocycles. The van der Waals surface area contributed by atoms with E-state index in [1.165, 1.54) is 12.7 Å². The summed E-state index contributed by atoms with van der Waals surface area (Å²) >= 11 is 0. The number of aryl methyl sites for hydroxylation is 1. The molecule has 0 bridgehead atoms. The average Bonchev–Trinajstić information content (AvgIpc) is 3.27. The predicted molar refractivity (Wildman–Crippen MR) is 98.2 cm³/mol. The van der Waals surface area contributed by atoms with Crippen LogP contribution >= 0.6 is 0 Å². The number of methoxy groups -OCH3 is 1. The van der Waals surface area contributed by atoms with E-state index in [-0.39, 0.29) is 5.97 Å². The number of rotatable bonds is 6. The minimum Gasteiger partial charge on any atom is -0.491 e. The van der Waals surface area contributed by atoms with Gasteiger partial charge in [0.05, 0.1) is 19.3 Å². The zero-order valence-corrected chi connectivity index (χ0v) is 14.9. The van der Waals surface area contributed by atoms with Crippen LogP contribution in [0.15, 0.2) is 48.8 Å². The number of carbonyl (C=O) groups is 1. The maximum Gasteiger partial charge on any atom is 0.341 e. The summed E-state index contributed by atoms with van der Waals surface area (Å²) in [4.78, 5) is 14.4. The van der Waals surface area contributed by atoms with Crippen molar-refractivity contribution in [2.24, 2.45) is 7.05 Å². The fraction of sp³-hybridized carbons (Fsp3) is 0.300. The maximum atomic E-state index is 12.1. The fourth-order valence-corrected chi connectivity index (χ4v) is 3.16. The first-order chi connectivity index (χ1) is 12.6. The molecule has 2 aromatic carbocycles. The van der Waals surface area contributed by atoms with Crippen molar-refractivity contribution in [1.29, 1.82) is 0 Å². The summed E-state index contributed by atoms with van der Waals surface area (Å²) in [6, 6.07) is 12.0. The van der Waals surface area contributed by atoms with Crippen LogP contribution in [0, 0.1) is 0 Å². The molecule has 1 saturated heterocycles. The highest BCUT2D eigenvalue weighted by molar-refractivity contribution is 5.98. The molecule has 6 nitrogen and oxygen atoms in total. The van der Waals surface area contributed by atoms with Crippen molar-refractivity contribution in [1.82, 2.24) is 14.7 Å². The number of ether oxygens (including phenoxy) is 2. The molecule has 0 spiro atoms. The molecular formula is C20H21N3O3. The van der Waals surface area contributed by atoms with Crippen molar-refractivity contribution >= 4 is 16.7 Å². The Morgan fingerprint density at radius 2 is 2.04 bits per heavy atom. The lowest BCUT2D eigenvalue weighted by atomic mass is 10.1. The summed E-state index contributed by atoms with van der Waals surface area (Å²) < 4.78 is 12.7. The molecule has 26 heavy (non-hydrogen) atoms. The Balaban J connectivity index is 1.46. The van der Waals surface area contributed by atoms with Gasteiger partial charge in [-0.2, -0.15) is 5.10 Å². The lowest BCUT2D eigenvalue weighted by molar-refractivity contribution is 0.0596. The van der Waals surface area contributed by atoms with E-state index in [1.54, 1.807) is 0 Å². The summed E-state index contributed by atoms with van der Waals surface area (Å²) in [6.07, 6.45) is 3.91. The molecule has 0 aliphatic carbocycles. The standard InChI is InChI=1S/C20H21N3O3/c1-22-10-14(9-21-22)11-23-12-17(23)13-26-19-8-16-6-4-3-5-15(16)7-18(19)20(24)25-2/h3-10,17H,11-13H2,1-2H3. The van der Waals surface area contributed by atoms with Gasteiger partial charge in [-0.3, -0.25) is 9.58 Å².